The molecule has 0 aliphatic rings. The molecule has 0 fully saturated rings. The molecule has 16 aromatic rings. The van der Waals surface area contributed by atoms with Crippen LogP contribution in [0.15, 0.2) is 264 Å². The summed E-state index contributed by atoms with van der Waals surface area (Å²) in [5.41, 5.74) is 15.5. The van der Waals surface area contributed by atoms with Crippen LogP contribution in [0, 0.1) is 0 Å². The molecule has 16 rings (SSSR count). The molecule has 74 heavy (non-hydrogen) atoms. The molecule has 0 radical (unpaired) electrons. The monoisotopic (exact) mass is 938 g/mol. The molecular formula is C72H42O2. The molecule has 0 aliphatic heterocycles. The predicted octanol–water partition coefficient (Wildman–Crippen LogP) is 20.7. The van der Waals surface area contributed by atoms with Crippen molar-refractivity contribution in [3.05, 3.63) is 255 Å². The number of hydrogen-bond donors (Lipinski definition) is 0. The van der Waals surface area contributed by atoms with Crippen molar-refractivity contribution in [2.24, 2.45) is 0 Å². The van der Waals surface area contributed by atoms with Gasteiger partial charge in [-0.25, -0.2) is 0 Å². The summed E-state index contributed by atoms with van der Waals surface area (Å²) in [7, 11) is 0. The van der Waals surface area contributed by atoms with Crippen molar-refractivity contribution in [2.45, 2.75) is 0 Å². The quantitative estimate of drug-likeness (QED) is 0.161. The van der Waals surface area contributed by atoms with Crippen LogP contribution in [0.5, 0.6) is 0 Å². The SMILES string of the molecule is c1ccc2c(-c3c4ccccc4c(-c4cccc5c4oc4cccc(-c6cccc7c(-c8c9ccccc9c(-c9ccc%10oc%11ccccc%11c%10c9)c9ccccc89)cccc67)c45)c4ccccc34)cccc2c1. The highest BCUT2D eigenvalue weighted by molar-refractivity contribution is 6.28. The van der Waals surface area contributed by atoms with Crippen molar-refractivity contribution in [1.29, 1.82) is 0 Å². The molecule has 0 saturated carbocycles. The first-order valence-electron chi connectivity index (χ1n) is 25.5. The summed E-state index contributed by atoms with van der Waals surface area (Å²) in [6.45, 7) is 0. The van der Waals surface area contributed by atoms with Crippen LogP contribution in [0.2, 0.25) is 0 Å². The third-order valence-electron chi connectivity index (χ3n) is 15.9. The molecule has 0 N–H and O–H groups in total. The Labute approximate surface area is 425 Å². The Morgan fingerprint density at radius 3 is 1.23 bits per heavy atom. The van der Waals surface area contributed by atoms with E-state index in [9.17, 15) is 0 Å². The largest absolute Gasteiger partial charge is 0.456 e. The molecule has 0 bridgehead atoms. The van der Waals surface area contributed by atoms with Crippen molar-refractivity contribution in [3.63, 3.8) is 0 Å². The molecule has 0 unspecified atom stereocenters. The van der Waals surface area contributed by atoms with Crippen LogP contribution >= 0.6 is 0 Å². The molecule has 342 valence electrons. The zero-order valence-electron chi connectivity index (χ0n) is 40.1. The Balaban J connectivity index is 0.901. The third kappa shape index (κ3) is 5.88. The van der Waals surface area contributed by atoms with Crippen LogP contribution in [0.25, 0.3) is 164 Å². The van der Waals surface area contributed by atoms with Gasteiger partial charge in [0, 0.05) is 32.7 Å². The van der Waals surface area contributed by atoms with E-state index in [4.69, 9.17) is 8.83 Å². The van der Waals surface area contributed by atoms with Crippen molar-refractivity contribution in [2.75, 3.05) is 0 Å². The van der Waals surface area contributed by atoms with E-state index in [0.717, 1.165) is 55.0 Å². The highest BCUT2D eigenvalue weighted by Gasteiger charge is 2.24. The van der Waals surface area contributed by atoms with E-state index in [1.165, 1.54) is 109 Å². The van der Waals surface area contributed by atoms with Gasteiger partial charge in [0.05, 0.1) is 0 Å². The second-order valence-corrected chi connectivity index (χ2v) is 19.7. The zero-order valence-corrected chi connectivity index (χ0v) is 40.1. The maximum Gasteiger partial charge on any atom is 0.143 e. The van der Waals surface area contributed by atoms with Crippen LogP contribution in [-0.2, 0) is 0 Å². The van der Waals surface area contributed by atoms with Crippen LogP contribution in [0.3, 0.4) is 0 Å². The van der Waals surface area contributed by atoms with E-state index >= 15 is 0 Å². The fraction of sp³-hybridized carbons (Fsp3) is 0. The number of rotatable bonds is 5. The summed E-state index contributed by atoms with van der Waals surface area (Å²) in [4.78, 5) is 0. The lowest BCUT2D eigenvalue weighted by molar-refractivity contribution is 0.669. The van der Waals surface area contributed by atoms with E-state index in [1.807, 2.05) is 6.07 Å². The molecule has 0 amide bonds. The molecule has 14 aromatic carbocycles. The van der Waals surface area contributed by atoms with Gasteiger partial charge in [0.15, 0.2) is 0 Å². The first-order valence-corrected chi connectivity index (χ1v) is 25.5. The smallest absolute Gasteiger partial charge is 0.143 e. The molecule has 2 heteroatoms. The van der Waals surface area contributed by atoms with Gasteiger partial charge < -0.3 is 8.83 Å². The molecule has 2 aromatic heterocycles. The topological polar surface area (TPSA) is 26.3 Å². The molecular weight excluding hydrogens is 897 g/mol. The highest BCUT2D eigenvalue weighted by Crippen LogP contribution is 2.51. The fourth-order valence-corrected chi connectivity index (χ4v) is 12.8. The molecule has 0 saturated heterocycles. The van der Waals surface area contributed by atoms with Gasteiger partial charge >= 0.3 is 0 Å². The van der Waals surface area contributed by atoms with Crippen molar-refractivity contribution < 1.29 is 8.83 Å². The number of benzene rings is 14. The minimum absolute atomic E-state index is 0.869. The lowest BCUT2D eigenvalue weighted by Gasteiger charge is -2.19. The van der Waals surface area contributed by atoms with Gasteiger partial charge in [-0.2, -0.15) is 0 Å². The van der Waals surface area contributed by atoms with E-state index < -0.39 is 0 Å². The lowest BCUT2D eigenvalue weighted by atomic mass is 9.83. The summed E-state index contributed by atoms with van der Waals surface area (Å²) in [6, 6.07) is 93.0. The number of para-hydroxylation sites is 2. The van der Waals surface area contributed by atoms with Gasteiger partial charge in [-0.15, -0.1) is 0 Å². The average molecular weight is 939 g/mol. The summed E-state index contributed by atoms with van der Waals surface area (Å²) in [5.74, 6) is 0. The Kier molecular flexibility index (Phi) is 8.78. The first-order chi connectivity index (χ1) is 36.7. The fourth-order valence-electron chi connectivity index (χ4n) is 12.8. The number of furan rings is 2. The molecule has 2 heterocycles. The maximum absolute atomic E-state index is 7.15. The minimum Gasteiger partial charge on any atom is -0.456 e. The second-order valence-electron chi connectivity index (χ2n) is 19.7. The highest BCUT2D eigenvalue weighted by atomic mass is 16.3. The van der Waals surface area contributed by atoms with Gasteiger partial charge in [0.2, 0.25) is 0 Å². The Hall–Kier alpha value is -9.76. The van der Waals surface area contributed by atoms with Crippen molar-refractivity contribution >= 4 is 109 Å². The zero-order chi connectivity index (χ0) is 48.4. The normalized spacial score (nSPS) is 12.1. The summed E-state index contributed by atoms with van der Waals surface area (Å²) >= 11 is 0. The number of hydrogen-bond acceptors (Lipinski definition) is 2. The van der Waals surface area contributed by atoms with Crippen molar-refractivity contribution in [3.8, 4) is 55.6 Å². The van der Waals surface area contributed by atoms with Crippen molar-refractivity contribution in [1.82, 2.24) is 0 Å². The van der Waals surface area contributed by atoms with E-state index in [2.05, 4.69) is 249 Å². The van der Waals surface area contributed by atoms with E-state index in [0.29, 0.717) is 0 Å². The van der Waals surface area contributed by atoms with Crippen LogP contribution < -0.4 is 0 Å². The Morgan fingerprint density at radius 2 is 0.595 bits per heavy atom. The minimum atomic E-state index is 0.869. The Morgan fingerprint density at radius 1 is 0.203 bits per heavy atom. The third-order valence-corrected chi connectivity index (χ3v) is 15.9. The van der Waals surface area contributed by atoms with E-state index in [-0.39, 0.29) is 0 Å². The van der Waals surface area contributed by atoms with Crippen LogP contribution in [0.1, 0.15) is 0 Å². The number of fused-ring (bicyclic) bond motifs is 12. The van der Waals surface area contributed by atoms with Crippen LogP contribution in [-0.4, -0.2) is 0 Å². The molecule has 2 nitrogen and oxygen atoms in total. The summed E-state index contributed by atoms with van der Waals surface area (Å²) in [6.07, 6.45) is 0. The molecule has 0 spiro atoms. The lowest BCUT2D eigenvalue weighted by Crippen LogP contribution is -1.92. The van der Waals surface area contributed by atoms with Gasteiger partial charge in [0.25, 0.3) is 0 Å². The van der Waals surface area contributed by atoms with Gasteiger partial charge in [-0.05, 0) is 133 Å². The summed E-state index contributed by atoms with van der Waals surface area (Å²) < 4.78 is 13.4. The maximum atomic E-state index is 7.15. The van der Waals surface area contributed by atoms with Gasteiger partial charge in [-0.3, -0.25) is 0 Å². The molecule has 0 aliphatic carbocycles. The predicted molar refractivity (Wildman–Crippen MR) is 313 cm³/mol. The van der Waals surface area contributed by atoms with Crippen LogP contribution in [0.4, 0.5) is 0 Å². The Bertz CT molecular complexity index is 4910. The average Bonchev–Trinajstić information content (AvgIpc) is 4.04. The second kappa shape index (κ2) is 15.9. The summed E-state index contributed by atoms with van der Waals surface area (Å²) in [5, 5.41) is 19.1. The molecule has 0 atom stereocenters. The van der Waals surface area contributed by atoms with Gasteiger partial charge in [0.1, 0.15) is 22.3 Å². The first kappa shape index (κ1) is 40.9. The van der Waals surface area contributed by atoms with E-state index in [1.54, 1.807) is 0 Å². The van der Waals surface area contributed by atoms with Gasteiger partial charge in [-0.1, -0.05) is 231 Å². The standard InChI is InChI=1S/C72H42O2/c1-2-20-45-43(18-1)19-13-33-50(45)68-57-26-7-9-28-59(57)70(60-29-10-8-27-58(60)68)61-36-16-37-62-71-52(35-17-39-66(71)74-72(61)62)48-32-14-31-47-46(48)30-15-34-51(47)69-55-24-5-3-22-53(55)67(54-23-4-6-25-56(54)69)44-40-41-65-63(42-44)49-21-11-12-38-64(49)73-65/h1-42H.